The molecule has 2 heterocycles. The Morgan fingerprint density at radius 2 is 1.95 bits per heavy atom. The summed E-state index contributed by atoms with van der Waals surface area (Å²) in [6, 6.07) is 3.11. The molecular weight excluding hydrogens is 243 g/mol. The molecule has 0 saturated carbocycles. The van der Waals surface area contributed by atoms with E-state index in [1.165, 1.54) is 18.9 Å². The van der Waals surface area contributed by atoms with Crippen LogP contribution in [0.25, 0.3) is 0 Å². The van der Waals surface area contributed by atoms with Gasteiger partial charge < -0.3 is 10.6 Å². The Labute approximate surface area is 114 Å². The molecule has 4 nitrogen and oxygen atoms in total. The van der Waals surface area contributed by atoms with E-state index in [1.807, 2.05) is 4.90 Å². The average molecular weight is 266 g/mol. The quantitative estimate of drug-likeness (QED) is 0.792. The number of piperazine rings is 1. The standard InChI is InChI=1S/C14H23FN4/c15-13-5-4-7-17-14(13)19-11-9-18(10-12-19)8-3-1-2-6-16/h4-5,7H,1-3,6,8-12,16H2. The SMILES string of the molecule is NCCCCCN1CCN(c2ncccc2F)CC1. The Morgan fingerprint density at radius 3 is 2.63 bits per heavy atom. The molecule has 19 heavy (non-hydrogen) atoms. The fourth-order valence-electron chi connectivity index (χ4n) is 2.45. The number of rotatable bonds is 6. The van der Waals surface area contributed by atoms with Crippen LogP contribution in [0.4, 0.5) is 10.2 Å². The van der Waals surface area contributed by atoms with E-state index in [-0.39, 0.29) is 5.82 Å². The maximum atomic E-state index is 13.6. The number of hydrogen-bond donors (Lipinski definition) is 1. The molecule has 1 aliphatic rings. The second-order valence-electron chi connectivity index (χ2n) is 4.99. The van der Waals surface area contributed by atoms with Gasteiger partial charge in [0.15, 0.2) is 11.6 Å². The van der Waals surface area contributed by atoms with Crippen LogP contribution in [0.3, 0.4) is 0 Å². The molecule has 2 N–H and O–H groups in total. The first-order valence-electron chi connectivity index (χ1n) is 7.09. The van der Waals surface area contributed by atoms with Crippen molar-refractivity contribution in [2.24, 2.45) is 5.73 Å². The highest BCUT2D eigenvalue weighted by Crippen LogP contribution is 2.17. The van der Waals surface area contributed by atoms with Crippen molar-refractivity contribution in [3.63, 3.8) is 0 Å². The van der Waals surface area contributed by atoms with Crippen molar-refractivity contribution in [2.45, 2.75) is 19.3 Å². The van der Waals surface area contributed by atoms with E-state index in [0.29, 0.717) is 5.82 Å². The number of nitrogens with two attached hydrogens (primary N) is 1. The summed E-state index contributed by atoms with van der Waals surface area (Å²) in [4.78, 5) is 8.60. The zero-order valence-corrected chi connectivity index (χ0v) is 11.4. The molecule has 1 saturated heterocycles. The summed E-state index contributed by atoms with van der Waals surface area (Å²) >= 11 is 0. The van der Waals surface area contributed by atoms with Crippen molar-refractivity contribution in [1.29, 1.82) is 0 Å². The van der Waals surface area contributed by atoms with Gasteiger partial charge in [-0.15, -0.1) is 0 Å². The van der Waals surface area contributed by atoms with Crippen molar-refractivity contribution in [2.75, 3.05) is 44.2 Å². The first-order chi connectivity index (χ1) is 9.31. The summed E-state index contributed by atoms with van der Waals surface area (Å²) in [6.45, 7) is 5.58. The average Bonchev–Trinajstić information content (AvgIpc) is 2.45. The molecule has 0 unspecified atom stereocenters. The number of aromatic nitrogens is 1. The van der Waals surface area contributed by atoms with Crippen molar-refractivity contribution >= 4 is 5.82 Å². The van der Waals surface area contributed by atoms with Gasteiger partial charge in [0.25, 0.3) is 0 Å². The summed E-state index contributed by atoms with van der Waals surface area (Å²) < 4.78 is 13.6. The molecule has 0 aliphatic carbocycles. The molecule has 2 rings (SSSR count). The molecule has 106 valence electrons. The van der Waals surface area contributed by atoms with Crippen LogP contribution in [-0.2, 0) is 0 Å². The minimum atomic E-state index is -0.223. The van der Waals surface area contributed by atoms with E-state index in [1.54, 1.807) is 12.3 Å². The Morgan fingerprint density at radius 1 is 1.16 bits per heavy atom. The van der Waals surface area contributed by atoms with Crippen LogP contribution in [-0.4, -0.2) is 49.2 Å². The second kappa shape index (κ2) is 7.40. The number of pyridine rings is 1. The third-order valence-electron chi connectivity index (χ3n) is 3.59. The Balaban J connectivity index is 1.75. The lowest BCUT2D eigenvalue weighted by molar-refractivity contribution is 0.251. The van der Waals surface area contributed by atoms with Crippen molar-refractivity contribution < 1.29 is 4.39 Å². The summed E-state index contributed by atoms with van der Waals surface area (Å²) in [7, 11) is 0. The van der Waals surface area contributed by atoms with Gasteiger partial charge in [0, 0.05) is 32.4 Å². The Bertz CT molecular complexity index is 377. The van der Waals surface area contributed by atoms with Gasteiger partial charge in [-0.1, -0.05) is 6.42 Å². The highest BCUT2D eigenvalue weighted by atomic mass is 19.1. The first-order valence-corrected chi connectivity index (χ1v) is 7.09. The Hall–Kier alpha value is -1.20. The minimum Gasteiger partial charge on any atom is -0.352 e. The third kappa shape index (κ3) is 4.14. The third-order valence-corrected chi connectivity index (χ3v) is 3.59. The highest BCUT2D eigenvalue weighted by Gasteiger charge is 2.19. The monoisotopic (exact) mass is 266 g/mol. The largest absolute Gasteiger partial charge is 0.352 e. The molecule has 0 spiro atoms. The number of nitrogens with zero attached hydrogens (tertiary/aromatic N) is 3. The van der Waals surface area contributed by atoms with Crippen LogP contribution >= 0.6 is 0 Å². The van der Waals surface area contributed by atoms with Gasteiger partial charge in [-0.25, -0.2) is 9.37 Å². The van der Waals surface area contributed by atoms with Gasteiger partial charge in [0.05, 0.1) is 0 Å². The maximum Gasteiger partial charge on any atom is 0.165 e. The number of hydrogen-bond acceptors (Lipinski definition) is 4. The second-order valence-corrected chi connectivity index (χ2v) is 4.99. The lowest BCUT2D eigenvalue weighted by Crippen LogP contribution is -2.47. The van der Waals surface area contributed by atoms with Crippen LogP contribution in [0.15, 0.2) is 18.3 Å². The molecule has 1 aliphatic heterocycles. The molecule has 0 atom stereocenters. The van der Waals surface area contributed by atoms with Crippen LogP contribution in [0.2, 0.25) is 0 Å². The highest BCUT2D eigenvalue weighted by molar-refractivity contribution is 5.40. The van der Waals surface area contributed by atoms with Crippen LogP contribution in [0.5, 0.6) is 0 Å². The fourth-order valence-corrected chi connectivity index (χ4v) is 2.45. The van der Waals surface area contributed by atoms with Crippen molar-refractivity contribution in [3.05, 3.63) is 24.1 Å². The van der Waals surface area contributed by atoms with Gasteiger partial charge in [-0.05, 0) is 38.1 Å². The maximum absolute atomic E-state index is 13.6. The minimum absolute atomic E-state index is 0.223. The van der Waals surface area contributed by atoms with E-state index in [2.05, 4.69) is 9.88 Å². The molecule has 0 aromatic carbocycles. The smallest absolute Gasteiger partial charge is 0.165 e. The van der Waals surface area contributed by atoms with Crippen molar-refractivity contribution in [3.8, 4) is 0 Å². The zero-order valence-electron chi connectivity index (χ0n) is 11.4. The first kappa shape index (κ1) is 14.2. The Kier molecular flexibility index (Phi) is 5.54. The predicted molar refractivity (Wildman–Crippen MR) is 75.8 cm³/mol. The van der Waals surface area contributed by atoms with Gasteiger partial charge in [0.1, 0.15) is 0 Å². The van der Waals surface area contributed by atoms with E-state index in [0.717, 1.165) is 45.7 Å². The van der Waals surface area contributed by atoms with Crippen LogP contribution in [0, 0.1) is 5.82 Å². The molecule has 0 amide bonds. The van der Waals surface area contributed by atoms with E-state index < -0.39 is 0 Å². The van der Waals surface area contributed by atoms with Gasteiger partial charge in [-0.2, -0.15) is 0 Å². The summed E-state index contributed by atoms with van der Waals surface area (Å²) in [5.41, 5.74) is 5.48. The van der Waals surface area contributed by atoms with Crippen LogP contribution in [0.1, 0.15) is 19.3 Å². The van der Waals surface area contributed by atoms with E-state index in [9.17, 15) is 4.39 Å². The summed E-state index contributed by atoms with van der Waals surface area (Å²) in [5.74, 6) is 0.268. The fraction of sp³-hybridized carbons (Fsp3) is 0.643. The van der Waals surface area contributed by atoms with E-state index >= 15 is 0 Å². The summed E-state index contributed by atoms with van der Waals surface area (Å²) in [6.07, 6.45) is 5.16. The molecule has 1 aromatic heterocycles. The van der Waals surface area contributed by atoms with Crippen LogP contribution < -0.4 is 10.6 Å². The zero-order chi connectivity index (χ0) is 13.5. The van der Waals surface area contributed by atoms with Crippen molar-refractivity contribution in [1.82, 2.24) is 9.88 Å². The lowest BCUT2D eigenvalue weighted by atomic mass is 10.2. The number of halogens is 1. The molecular formula is C14H23FN4. The molecule has 1 fully saturated rings. The number of unbranched alkanes of at least 4 members (excludes halogenated alkanes) is 2. The molecule has 0 radical (unpaired) electrons. The van der Waals surface area contributed by atoms with Gasteiger partial charge in [0.2, 0.25) is 0 Å². The normalized spacial score (nSPS) is 16.8. The van der Waals surface area contributed by atoms with Gasteiger partial charge in [-0.3, -0.25) is 4.90 Å². The summed E-state index contributed by atoms with van der Waals surface area (Å²) in [5, 5.41) is 0. The topological polar surface area (TPSA) is 45.4 Å². The molecule has 5 heteroatoms. The lowest BCUT2D eigenvalue weighted by Gasteiger charge is -2.35. The number of anilines is 1. The van der Waals surface area contributed by atoms with Gasteiger partial charge >= 0.3 is 0 Å². The molecule has 1 aromatic rings. The van der Waals surface area contributed by atoms with E-state index in [4.69, 9.17) is 5.73 Å². The predicted octanol–water partition coefficient (Wildman–Crippen LogP) is 1.47. The molecule has 0 bridgehead atoms.